The van der Waals surface area contributed by atoms with Crippen molar-refractivity contribution in [3.63, 3.8) is 0 Å². The highest BCUT2D eigenvalue weighted by Crippen LogP contribution is 2.29. The molecule has 4 N–H and O–H groups in total. The quantitative estimate of drug-likeness (QED) is 0.687. The minimum absolute atomic E-state index is 0.117. The highest BCUT2D eigenvalue weighted by molar-refractivity contribution is 7.92. The monoisotopic (exact) mass is 288 g/mol. The third-order valence-electron chi connectivity index (χ3n) is 2.44. The topological polar surface area (TPSA) is 119 Å². The van der Waals surface area contributed by atoms with Crippen LogP contribution in [0.2, 0.25) is 0 Å². The van der Waals surface area contributed by atoms with Crippen LogP contribution in [0, 0.1) is 0 Å². The average Bonchev–Trinajstić information content (AvgIpc) is 2.27. The molecule has 0 spiro atoms. The van der Waals surface area contributed by atoms with Gasteiger partial charge in [-0.1, -0.05) is 0 Å². The van der Waals surface area contributed by atoms with Crippen LogP contribution in [0.5, 0.6) is 5.75 Å². The summed E-state index contributed by atoms with van der Waals surface area (Å²) in [5, 5.41) is 9.10. The lowest BCUT2D eigenvalue weighted by Crippen LogP contribution is -2.22. The Kier molecular flexibility index (Phi) is 4.73. The largest absolute Gasteiger partial charge is 0.496 e. The van der Waals surface area contributed by atoms with Gasteiger partial charge in [0.05, 0.1) is 19.3 Å². The van der Waals surface area contributed by atoms with E-state index < -0.39 is 21.9 Å². The molecule has 0 heterocycles. The second-order valence-corrected chi connectivity index (χ2v) is 5.71. The molecule has 19 heavy (non-hydrogen) atoms. The summed E-state index contributed by atoms with van der Waals surface area (Å²) in [6, 6.07) is 4.39. The number of hydrogen-bond acceptors (Lipinski definition) is 5. The van der Waals surface area contributed by atoms with Gasteiger partial charge in [0.15, 0.2) is 0 Å². The zero-order valence-corrected chi connectivity index (χ0v) is 11.4. The molecule has 0 bridgehead atoms. The molecular weight excluding hydrogens is 272 g/mol. The van der Waals surface area contributed by atoms with Gasteiger partial charge in [0, 0.05) is 17.8 Å². The number of aliphatic carboxylic acids is 1. The van der Waals surface area contributed by atoms with Crippen molar-refractivity contribution < 1.29 is 23.1 Å². The van der Waals surface area contributed by atoms with Crippen molar-refractivity contribution in [1.29, 1.82) is 0 Å². The number of sulfonamides is 1. The SMILES string of the molecule is COc1ccc(NS(C)(=O)=O)cc1C(CN)C(=O)O. The van der Waals surface area contributed by atoms with Crippen molar-refractivity contribution in [2.45, 2.75) is 5.92 Å². The van der Waals surface area contributed by atoms with E-state index in [-0.39, 0.29) is 12.2 Å². The Balaban J connectivity index is 3.26. The van der Waals surface area contributed by atoms with Crippen LogP contribution in [0.3, 0.4) is 0 Å². The first kappa shape index (κ1) is 15.3. The molecule has 0 aliphatic heterocycles. The first-order chi connectivity index (χ1) is 8.78. The van der Waals surface area contributed by atoms with E-state index in [1.54, 1.807) is 0 Å². The van der Waals surface area contributed by atoms with Gasteiger partial charge >= 0.3 is 5.97 Å². The number of carboxylic acid groups (broad SMARTS) is 1. The molecule has 1 unspecified atom stereocenters. The Hall–Kier alpha value is -1.80. The summed E-state index contributed by atoms with van der Waals surface area (Å²) in [4.78, 5) is 11.1. The zero-order chi connectivity index (χ0) is 14.6. The molecule has 0 aromatic heterocycles. The summed E-state index contributed by atoms with van der Waals surface area (Å²) >= 11 is 0. The molecule has 0 aliphatic rings. The molecule has 7 nitrogen and oxygen atoms in total. The number of carboxylic acids is 1. The molecule has 1 aromatic carbocycles. The summed E-state index contributed by atoms with van der Waals surface area (Å²) in [6.07, 6.45) is 1.01. The van der Waals surface area contributed by atoms with Gasteiger partial charge in [-0.25, -0.2) is 8.42 Å². The maximum absolute atomic E-state index is 11.2. The lowest BCUT2D eigenvalue weighted by atomic mass is 9.98. The molecule has 0 amide bonds. The van der Waals surface area contributed by atoms with Crippen LogP contribution in [-0.4, -0.2) is 39.4 Å². The number of rotatable bonds is 6. The van der Waals surface area contributed by atoms with E-state index in [1.165, 1.54) is 25.3 Å². The van der Waals surface area contributed by atoms with E-state index in [1.807, 2.05) is 0 Å². The van der Waals surface area contributed by atoms with E-state index in [4.69, 9.17) is 15.6 Å². The van der Waals surface area contributed by atoms with Crippen molar-refractivity contribution in [3.05, 3.63) is 23.8 Å². The number of methoxy groups -OCH3 is 1. The van der Waals surface area contributed by atoms with E-state index in [0.29, 0.717) is 11.3 Å². The lowest BCUT2D eigenvalue weighted by Gasteiger charge is -2.16. The molecule has 0 fully saturated rings. The molecule has 0 saturated carbocycles. The third kappa shape index (κ3) is 4.11. The van der Waals surface area contributed by atoms with Gasteiger partial charge in [-0.2, -0.15) is 0 Å². The van der Waals surface area contributed by atoms with Crippen LogP contribution >= 0.6 is 0 Å². The van der Waals surface area contributed by atoms with Crippen molar-refractivity contribution >= 4 is 21.7 Å². The summed E-state index contributed by atoms with van der Waals surface area (Å²) in [5.41, 5.74) is 6.02. The predicted octanol–water partition coefficient (Wildman–Crippen LogP) is 0.194. The molecule has 0 saturated heterocycles. The van der Waals surface area contributed by atoms with Crippen molar-refractivity contribution in [3.8, 4) is 5.75 Å². The van der Waals surface area contributed by atoms with Crippen molar-refractivity contribution in [2.24, 2.45) is 5.73 Å². The van der Waals surface area contributed by atoms with Crippen LogP contribution < -0.4 is 15.2 Å². The summed E-state index contributed by atoms with van der Waals surface area (Å²) in [5.74, 6) is -1.72. The summed E-state index contributed by atoms with van der Waals surface area (Å²) in [7, 11) is -2.03. The summed E-state index contributed by atoms with van der Waals surface area (Å²) < 4.78 is 29.7. The smallest absolute Gasteiger partial charge is 0.312 e. The van der Waals surface area contributed by atoms with Gasteiger partial charge in [-0.3, -0.25) is 9.52 Å². The molecule has 1 atom stereocenters. The highest BCUT2D eigenvalue weighted by Gasteiger charge is 2.22. The number of benzene rings is 1. The average molecular weight is 288 g/mol. The van der Waals surface area contributed by atoms with Gasteiger partial charge in [-0.15, -0.1) is 0 Å². The first-order valence-electron chi connectivity index (χ1n) is 5.37. The molecule has 1 rings (SSSR count). The van der Waals surface area contributed by atoms with Crippen LogP contribution in [-0.2, 0) is 14.8 Å². The van der Waals surface area contributed by atoms with E-state index in [9.17, 15) is 13.2 Å². The minimum Gasteiger partial charge on any atom is -0.496 e. The highest BCUT2D eigenvalue weighted by atomic mass is 32.2. The van der Waals surface area contributed by atoms with Crippen LogP contribution in [0.1, 0.15) is 11.5 Å². The summed E-state index contributed by atoms with van der Waals surface area (Å²) in [6.45, 7) is -0.117. The van der Waals surface area contributed by atoms with Crippen molar-refractivity contribution in [1.82, 2.24) is 0 Å². The molecule has 0 aliphatic carbocycles. The van der Waals surface area contributed by atoms with Crippen LogP contribution in [0.25, 0.3) is 0 Å². The van der Waals surface area contributed by atoms with Gasteiger partial charge in [0.25, 0.3) is 0 Å². The Morgan fingerprint density at radius 3 is 2.58 bits per heavy atom. The number of hydrogen-bond donors (Lipinski definition) is 3. The first-order valence-corrected chi connectivity index (χ1v) is 7.26. The zero-order valence-electron chi connectivity index (χ0n) is 10.6. The second-order valence-electron chi connectivity index (χ2n) is 3.96. The fraction of sp³-hybridized carbons (Fsp3) is 0.364. The fourth-order valence-corrected chi connectivity index (χ4v) is 2.20. The Labute approximate surface area is 111 Å². The van der Waals surface area contributed by atoms with Crippen molar-refractivity contribution in [2.75, 3.05) is 24.6 Å². The Bertz CT molecular complexity index is 570. The molecule has 8 heteroatoms. The van der Waals surface area contributed by atoms with E-state index in [0.717, 1.165) is 6.26 Å². The third-order valence-corrected chi connectivity index (χ3v) is 3.05. The molecule has 1 aromatic rings. The Morgan fingerprint density at radius 1 is 1.53 bits per heavy atom. The molecular formula is C11H16N2O5S. The van der Waals surface area contributed by atoms with Gasteiger partial charge in [0.2, 0.25) is 10.0 Å². The van der Waals surface area contributed by atoms with E-state index >= 15 is 0 Å². The number of nitrogens with two attached hydrogens (primary N) is 1. The molecule has 0 radical (unpaired) electrons. The predicted molar refractivity (Wildman–Crippen MR) is 70.9 cm³/mol. The Morgan fingerprint density at radius 2 is 2.16 bits per heavy atom. The van der Waals surface area contributed by atoms with Crippen LogP contribution in [0.15, 0.2) is 18.2 Å². The fourth-order valence-electron chi connectivity index (χ4n) is 1.65. The maximum atomic E-state index is 11.2. The number of carbonyl (C=O) groups is 1. The van der Waals surface area contributed by atoms with Gasteiger partial charge < -0.3 is 15.6 Å². The normalized spacial score (nSPS) is 12.8. The standard InChI is InChI=1S/C11H16N2O5S/c1-18-10-4-3-7(13-19(2,16)17)5-8(10)9(6-12)11(14)15/h3-5,9,13H,6,12H2,1-2H3,(H,14,15). The minimum atomic E-state index is -3.44. The number of ether oxygens (including phenoxy) is 1. The second kappa shape index (κ2) is 5.89. The van der Waals surface area contributed by atoms with E-state index in [2.05, 4.69) is 4.72 Å². The number of anilines is 1. The number of nitrogens with one attached hydrogen (secondary N) is 1. The molecule has 106 valence electrons. The van der Waals surface area contributed by atoms with Gasteiger partial charge in [-0.05, 0) is 18.2 Å². The lowest BCUT2D eigenvalue weighted by molar-refractivity contribution is -0.138. The van der Waals surface area contributed by atoms with Gasteiger partial charge in [0.1, 0.15) is 5.75 Å². The van der Waals surface area contributed by atoms with Crippen LogP contribution in [0.4, 0.5) is 5.69 Å². The maximum Gasteiger partial charge on any atom is 0.312 e.